The Morgan fingerprint density at radius 3 is 1.67 bits per heavy atom. The van der Waals surface area contributed by atoms with Crippen LogP contribution in [0.1, 0.15) is 20.8 Å². The van der Waals surface area contributed by atoms with Crippen molar-refractivity contribution in [2.24, 2.45) is 0 Å². The number of nitrogens with zero attached hydrogens (tertiary/aromatic N) is 1. The van der Waals surface area contributed by atoms with Gasteiger partial charge in [0, 0.05) is 13.1 Å². The van der Waals surface area contributed by atoms with Crippen LogP contribution >= 0.6 is 0 Å². The highest BCUT2D eigenvalue weighted by atomic mass is 16.7. The number of hydroxylamine groups is 2. The topological polar surface area (TPSA) is 44.0 Å². The SMILES string of the molecule is CCON(CC)CC.O. The summed E-state index contributed by atoms with van der Waals surface area (Å²) >= 11 is 0. The average molecular weight is 135 g/mol. The third-order valence-corrected chi connectivity index (χ3v) is 1.02. The Hall–Kier alpha value is -0.120. The summed E-state index contributed by atoms with van der Waals surface area (Å²) in [5.74, 6) is 0. The van der Waals surface area contributed by atoms with E-state index in [1.807, 2.05) is 12.0 Å². The van der Waals surface area contributed by atoms with Crippen LogP contribution in [0.3, 0.4) is 0 Å². The van der Waals surface area contributed by atoms with Crippen molar-refractivity contribution in [2.75, 3.05) is 19.7 Å². The summed E-state index contributed by atoms with van der Waals surface area (Å²) in [5.41, 5.74) is 0. The van der Waals surface area contributed by atoms with Crippen molar-refractivity contribution in [3.05, 3.63) is 0 Å². The van der Waals surface area contributed by atoms with Gasteiger partial charge in [0.2, 0.25) is 0 Å². The first-order valence-electron chi connectivity index (χ1n) is 3.23. The van der Waals surface area contributed by atoms with E-state index < -0.39 is 0 Å². The molecule has 0 saturated carbocycles. The fourth-order valence-electron chi connectivity index (χ4n) is 0.589. The van der Waals surface area contributed by atoms with Crippen LogP contribution in [0.15, 0.2) is 0 Å². The average Bonchev–Trinajstić information content (AvgIpc) is 1.83. The second-order valence-electron chi connectivity index (χ2n) is 1.53. The van der Waals surface area contributed by atoms with E-state index >= 15 is 0 Å². The van der Waals surface area contributed by atoms with Gasteiger partial charge in [-0.1, -0.05) is 13.8 Å². The fraction of sp³-hybridized carbons (Fsp3) is 1.00. The quantitative estimate of drug-likeness (QED) is 0.525. The minimum atomic E-state index is 0. The van der Waals surface area contributed by atoms with Gasteiger partial charge in [0.15, 0.2) is 0 Å². The van der Waals surface area contributed by atoms with Crippen LogP contribution in [0.4, 0.5) is 0 Å². The summed E-state index contributed by atoms with van der Waals surface area (Å²) in [6.07, 6.45) is 0. The number of hydrogen-bond acceptors (Lipinski definition) is 2. The Morgan fingerprint density at radius 1 is 1.11 bits per heavy atom. The molecule has 0 aliphatic heterocycles. The molecule has 0 atom stereocenters. The maximum Gasteiger partial charge on any atom is 0.0656 e. The first kappa shape index (κ1) is 11.6. The van der Waals surface area contributed by atoms with Crippen molar-refractivity contribution in [3.63, 3.8) is 0 Å². The van der Waals surface area contributed by atoms with Crippen molar-refractivity contribution < 1.29 is 10.3 Å². The van der Waals surface area contributed by atoms with Crippen LogP contribution in [-0.2, 0) is 4.84 Å². The molecule has 0 aromatic heterocycles. The lowest BCUT2D eigenvalue weighted by Gasteiger charge is -2.15. The third kappa shape index (κ3) is 5.76. The summed E-state index contributed by atoms with van der Waals surface area (Å²) < 4.78 is 0. The van der Waals surface area contributed by atoms with E-state index in [0.717, 1.165) is 19.7 Å². The Balaban J connectivity index is 0. The van der Waals surface area contributed by atoms with Crippen LogP contribution < -0.4 is 0 Å². The Morgan fingerprint density at radius 2 is 1.56 bits per heavy atom. The van der Waals surface area contributed by atoms with Gasteiger partial charge in [-0.3, -0.25) is 4.84 Å². The summed E-state index contributed by atoms with van der Waals surface area (Å²) in [6.45, 7) is 8.90. The molecule has 0 bridgehead atoms. The lowest BCUT2D eigenvalue weighted by atomic mass is 10.6. The maximum absolute atomic E-state index is 5.17. The second kappa shape index (κ2) is 7.88. The predicted molar refractivity (Wildman–Crippen MR) is 38.2 cm³/mol. The fourth-order valence-corrected chi connectivity index (χ4v) is 0.589. The standard InChI is InChI=1S/C6H15NO.H2O/c1-4-7(5-2)8-6-3;/h4-6H2,1-3H3;1H2. The molecule has 0 saturated heterocycles. The molecule has 0 heterocycles. The molecule has 0 aliphatic carbocycles. The van der Waals surface area contributed by atoms with E-state index in [2.05, 4.69) is 13.8 Å². The van der Waals surface area contributed by atoms with Crippen molar-refractivity contribution in [1.82, 2.24) is 5.06 Å². The molecule has 0 spiro atoms. The molecule has 3 heteroatoms. The van der Waals surface area contributed by atoms with Crippen molar-refractivity contribution in [2.45, 2.75) is 20.8 Å². The molecule has 9 heavy (non-hydrogen) atoms. The molecule has 3 nitrogen and oxygen atoms in total. The van der Waals surface area contributed by atoms with E-state index in [1.165, 1.54) is 0 Å². The first-order valence-corrected chi connectivity index (χ1v) is 3.23. The number of rotatable bonds is 4. The van der Waals surface area contributed by atoms with Gasteiger partial charge >= 0.3 is 0 Å². The van der Waals surface area contributed by atoms with E-state index in [9.17, 15) is 0 Å². The smallest absolute Gasteiger partial charge is 0.0656 e. The van der Waals surface area contributed by atoms with Gasteiger partial charge in [-0.15, -0.1) is 0 Å². The molecule has 0 amide bonds. The summed E-state index contributed by atoms with van der Waals surface area (Å²) in [4.78, 5) is 5.17. The van der Waals surface area contributed by atoms with Gasteiger partial charge in [-0.05, 0) is 6.92 Å². The van der Waals surface area contributed by atoms with Crippen molar-refractivity contribution in [1.29, 1.82) is 0 Å². The highest BCUT2D eigenvalue weighted by molar-refractivity contribution is 4.31. The monoisotopic (exact) mass is 135 g/mol. The second-order valence-corrected chi connectivity index (χ2v) is 1.53. The largest absolute Gasteiger partial charge is 0.412 e. The molecule has 58 valence electrons. The highest BCUT2D eigenvalue weighted by Crippen LogP contribution is 1.85. The van der Waals surface area contributed by atoms with Crippen molar-refractivity contribution >= 4 is 0 Å². The van der Waals surface area contributed by atoms with E-state index in [-0.39, 0.29) is 5.48 Å². The summed E-state index contributed by atoms with van der Waals surface area (Å²) in [7, 11) is 0. The van der Waals surface area contributed by atoms with Crippen LogP contribution in [0.2, 0.25) is 0 Å². The van der Waals surface area contributed by atoms with E-state index in [0.29, 0.717) is 0 Å². The van der Waals surface area contributed by atoms with Gasteiger partial charge in [0.25, 0.3) is 0 Å². The van der Waals surface area contributed by atoms with Gasteiger partial charge < -0.3 is 5.48 Å². The zero-order chi connectivity index (χ0) is 6.41. The van der Waals surface area contributed by atoms with Crippen LogP contribution in [0.25, 0.3) is 0 Å². The molecule has 0 fully saturated rings. The van der Waals surface area contributed by atoms with Gasteiger partial charge in [0.05, 0.1) is 6.61 Å². The molecule has 0 unspecified atom stereocenters. The molecular formula is C6H17NO2. The zero-order valence-electron chi connectivity index (χ0n) is 6.48. The summed E-state index contributed by atoms with van der Waals surface area (Å²) in [6, 6.07) is 0. The van der Waals surface area contributed by atoms with E-state index in [1.54, 1.807) is 0 Å². The van der Waals surface area contributed by atoms with E-state index in [4.69, 9.17) is 4.84 Å². The minimum Gasteiger partial charge on any atom is -0.412 e. The molecule has 0 aromatic rings. The zero-order valence-corrected chi connectivity index (χ0v) is 6.48. The molecule has 2 N–H and O–H groups in total. The Bertz CT molecular complexity index is 46.3. The number of hydrogen-bond donors (Lipinski definition) is 0. The Kier molecular flexibility index (Phi) is 10.2. The van der Waals surface area contributed by atoms with Crippen LogP contribution in [0.5, 0.6) is 0 Å². The normalized spacial score (nSPS) is 9.33. The van der Waals surface area contributed by atoms with Gasteiger partial charge in [-0.2, -0.15) is 5.06 Å². The van der Waals surface area contributed by atoms with Gasteiger partial charge in [-0.25, -0.2) is 0 Å². The molecule has 0 radical (unpaired) electrons. The molecular weight excluding hydrogens is 118 g/mol. The summed E-state index contributed by atoms with van der Waals surface area (Å²) in [5, 5.41) is 1.93. The Labute approximate surface area is 56.9 Å². The van der Waals surface area contributed by atoms with Crippen molar-refractivity contribution in [3.8, 4) is 0 Å². The predicted octanol–water partition coefficient (Wildman–Crippen LogP) is 0.455. The maximum atomic E-state index is 5.17. The molecule has 0 aliphatic rings. The first-order chi connectivity index (χ1) is 3.85. The highest BCUT2D eigenvalue weighted by Gasteiger charge is 1.93. The minimum absolute atomic E-state index is 0. The van der Waals surface area contributed by atoms with Crippen LogP contribution in [0, 0.1) is 0 Å². The molecule has 0 aromatic carbocycles. The lowest BCUT2D eigenvalue weighted by molar-refractivity contribution is -0.147. The lowest BCUT2D eigenvalue weighted by Crippen LogP contribution is -2.22. The van der Waals surface area contributed by atoms with Crippen LogP contribution in [-0.4, -0.2) is 30.2 Å². The third-order valence-electron chi connectivity index (χ3n) is 1.02. The van der Waals surface area contributed by atoms with Gasteiger partial charge in [0.1, 0.15) is 0 Å². The molecule has 0 rings (SSSR count).